The quantitative estimate of drug-likeness (QED) is 0.757. The Labute approximate surface area is 147 Å². The van der Waals surface area contributed by atoms with E-state index in [4.69, 9.17) is 20.8 Å². The lowest BCUT2D eigenvalue weighted by Gasteiger charge is -2.09. The highest BCUT2D eigenvalue weighted by atomic mass is 35.5. The largest absolute Gasteiger partial charge is 0.495 e. The molecule has 25 heavy (non-hydrogen) atoms. The molecule has 128 valence electrons. The van der Waals surface area contributed by atoms with Crippen LogP contribution in [0.2, 0.25) is 5.02 Å². The second kappa shape index (κ2) is 7.23. The summed E-state index contributed by atoms with van der Waals surface area (Å²) < 4.78 is 11.4. The van der Waals surface area contributed by atoms with Crippen LogP contribution in [0, 0.1) is 0 Å². The molecule has 0 aliphatic rings. The number of anilines is 1. The van der Waals surface area contributed by atoms with E-state index in [1.165, 1.54) is 19.4 Å². The second-order valence-corrected chi connectivity index (χ2v) is 5.50. The number of methoxy groups -OCH3 is 1. The first-order chi connectivity index (χ1) is 12.1. The van der Waals surface area contributed by atoms with Gasteiger partial charge in [0.15, 0.2) is 5.76 Å². The number of hydrogen-bond donors (Lipinski definition) is 1. The minimum Gasteiger partial charge on any atom is -0.495 e. The Morgan fingerprint density at radius 3 is 2.84 bits per heavy atom. The number of furan rings is 1. The average Bonchev–Trinajstić information content (AvgIpc) is 3.11. The Hall–Kier alpha value is -3.06. The zero-order valence-electron chi connectivity index (χ0n) is 13.2. The SMILES string of the molecule is COc1ccc(NC(=O)Cn2nc(-c3ccco3)ccc2=O)cc1Cl. The topological polar surface area (TPSA) is 86.4 Å². The maximum absolute atomic E-state index is 12.2. The van der Waals surface area contributed by atoms with Crippen LogP contribution < -0.4 is 15.6 Å². The third kappa shape index (κ3) is 3.89. The minimum atomic E-state index is -0.410. The lowest BCUT2D eigenvalue weighted by molar-refractivity contribution is -0.117. The fraction of sp³-hybridized carbons (Fsp3) is 0.118. The van der Waals surface area contributed by atoms with E-state index in [1.807, 2.05) is 0 Å². The van der Waals surface area contributed by atoms with Gasteiger partial charge in [-0.05, 0) is 36.4 Å². The van der Waals surface area contributed by atoms with Gasteiger partial charge in [-0.25, -0.2) is 4.68 Å². The summed E-state index contributed by atoms with van der Waals surface area (Å²) >= 11 is 6.02. The summed E-state index contributed by atoms with van der Waals surface area (Å²) in [6.45, 7) is -0.239. The van der Waals surface area contributed by atoms with Gasteiger partial charge in [0.2, 0.25) is 5.91 Å². The van der Waals surface area contributed by atoms with Crippen molar-refractivity contribution >= 4 is 23.2 Å². The van der Waals surface area contributed by atoms with Crippen molar-refractivity contribution < 1.29 is 13.9 Å². The number of nitrogens with zero attached hydrogens (tertiary/aromatic N) is 2. The molecule has 0 atom stereocenters. The molecule has 1 aromatic carbocycles. The molecule has 1 N–H and O–H groups in total. The van der Waals surface area contributed by atoms with Gasteiger partial charge in [-0.15, -0.1) is 0 Å². The van der Waals surface area contributed by atoms with Gasteiger partial charge in [-0.1, -0.05) is 11.6 Å². The van der Waals surface area contributed by atoms with E-state index in [0.29, 0.717) is 27.9 Å². The number of nitrogens with one attached hydrogen (secondary N) is 1. The number of amides is 1. The summed E-state index contributed by atoms with van der Waals surface area (Å²) in [4.78, 5) is 24.1. The van der Waals surface area contributed by atoms with Crippen LogP contribution in [0.3, 0.4) is 0 Å². The monoisotopic (exact) mass is 359 g/mol. The molecule has 1 amide bonds. The predicted molar refractivity (Wildman–Crippen MR) is 92.8 cm³/mol. The minimum absolute atomic E-state index is 0.239. The summed E-state index contributed by atoms with van der Waals surface area (Å²) in [5.74, 6) is 0.604. The van der Waals surface area contributed by atoms with Gasteiger partial charge in [0.25, 0.3) is 5.56 Å². The Morgan fingerprint density at radius 2 is 2.16 bits per heavy atom. The standard InChI is InChI=1S/C17H14ClN3O4/c1-24-14-6-4-11(9-12(14)18)19-16(22)10-21-17(23)7-5-13(20-21)15-3-2-8-25-15/h2-9H,10H2,1H3,(H,19,22). The first-order valence-corrected chi connectivity index (χ1v) is 7.70. The molecule has 3 rings (SSSR count). The fourth-order valence-corrected chi connectivity index (χ4v) is 2.46. The maximum atomic E-state index is 12.2. The van der Waals surface area contributed by atoms with Crippen molar-refractivity contribution in [1.82, 2.24) is 9.78 Å². The van der Waals surface area contributed by atoms with Crippen molar-refractivity contribution in [2.45, 2.75) is 6.54 Å². The van der Waals surface area contributed by atoms with Crippen molar-refractivity contribution in [1.29, 1.82) is 0 Å². The Morgan fingerprint density at radius 1 is 1.32 bits per heavy atom. The number of carbonyl (C=O) groups excluding carboxylic acids is 1. The molecule has 2 heterocycles. The van der Waals surface area contributed by atoms with Crippen molar-refractivity contribution in [3.8, 4) is 17.2 Å². The number of aromatic nitrogens is 2. The van der Waals surface area contributed by atoms with Crippen LogP contribution >= 0.6 is 11.6 Å². The molecule has 3 aromatic rings. The van der Waals surface area contributed by atoms with Gasteiger partial charge in [-0.2, -0.15) is 5.10 Å². The summed E-state index contributed by atoms with van der Waals surface area (Å²) in [6, 6.07) is 11.2. The van der Waals surface area contributed by atoms with Crippen LogP contribution in [0.4, 0.5) is 5.69 Å². The molecular formula is C17H14ClN3O4. The maximum Gasteiger partial charge on any atom is 0.267 e. The number of rotatable bonds is 5. The predicted octanol–water partition coefficient (Wildman–Crippen LogP) is 2.80. The molecule has 0 saturated carbocycles. The van der Waals surface area contributed by atoms with Gasteiger partial charge >= 0.3 is 0 Å². The molecule has 0 bridgehead atoms. The Bertz CT molecular complexity index is 951. The lowest BCUT2D eigenvalue weighted by Crippen LogP contribution is -2.29. The number of benzene rings is 1. The third-order valence-corrected chi connectivity index (χ3v) is 3.66. The lowest BCUT2D eigenvalue weighted by atomic mass is 10.3. The molecular weight excluding hydrogens is 346 g/mol. The van der Waals surface area contributed by atoms with E-state index in [-0.39, 0.29) is 6.54 Å². The molecule has 0 unspecified atom stereocenters. The highest BCUT2D eigenvalue weighted by Gasteiger charge is 2.10. The number of ether oxygens (including phenoxy) is 1. The van der Waals surface area contributed by atoms with E-state index >= 15 is 0 Å². The fourth-order valence-electron chi connectivity index (χ4n) is 2.20. The smallest absolute Gasteiger partial charge is 0.267 e. The molecule has 2 aromatic heterocycles. The summed E-state index contributed by atoms with van der Waals surface area (Å²) in [6.07, 6.45) is 1.51. The number of hydrogen-bond acceptors (Lipinski definition) is 5. The van der Waals surface area contributed by atoms with Crippen LogP contribution in [0.1, 0.15) is 0 Å². The van der Waals surface area contributed by atoms with Gasteiger partial charge in [-0.3, -0.25) is 9.59 Å². The highest BCUT2D eigenvalue weighted by molar-refractivity contribution is 6.32. The first kappa shape index (κ1) is 16.8. The van der Waals surface area contributed by atoms with E-state index in [2.05, 4.69) is 10.4 Å². The van der Waals surface area contributed by atoms with Crippen molar-refractivity contribution in [2.75, 3.05) is 12.4 Å². The van der Waals surface area contributed by atoms with E-state index in [0.717, 1.165) is 4.68 Å². The molecule has 0 fully saturated rings. The molecule has 8 heteroatoms. The average molecular weight is 360 g/mol. The van der Waals surface area contributed by atoms with Crippen molar-refractivity contribution in [2.24, 2.45) is 0 Å². The second-order valence-electron chi connectivity index (χ2n) is 5.09. The summed E-state index contributed by atoms with van der Waals surface area (Å²) in [7, 11) is 1.50. The van der Waals surface area contributed by atoms with Gasteiger partial charge in [0.05, 0.1) is 18.4 Å². The van der Waals surface area contributed by atoms with E-state index in [9.17, 15) is 9.59 Å². The molecule has 7 nitrogen and oxygen atoms in total. The van der Waals surface area contributed by atoms with E-state index in [1.54, 1.807) is 36.4 Å². The molecule has 0 spiro atoms. The Kier molecular flexibility index (Phi) is 4.85. The highest BCUT2D eigenvalue weighted by Crippen LogP contribution is 2.27. The van der Waals surface area contributed by atoms with Crippen LogP contribution in [0.15, 0.2) is 57.9 Å². The van der Waals surface area contributed by atoms with Crippen molar-refractivity contribution in [3.05, 3.63) is 64.1 Å². The molecule has 0 aliphatic heterocycles. The van der Waals surface area contributed by atoms with Crippen molar-refractivity contribution in [3.63, 3.8) is 0 Å². The van der Waals surface area contributed by atoms with Gasteiger partial charge < -0.3 is 14.5 Å². The Balaban J connectivity index is 1.76. The molecule has 0 radical (unpaired) electrons. The zero-order valence-corrected chi connectivity index (χ0v) is 14.0. The van der Waals surface area contributed by atoms with Crippen LogP contribution in [-0.4, -0.2) is 22.8 Å². The summed E-state index contributed by atoms with van der Waals surface area (Å²) in [5, 5.41) is 7.18. The van der Waals surface area contributed by atoms with Crippen LogP contribution in [-0.2, 0) is 11.3 Å². The van der Waals surface area contributed by atoms with Crippen LogP contribution in [0.5, 0.6) is 5.75 Å². The molecule has 0 saturated heterocycles. The van der Waals surface area contributed by atoms with E-state index < -0.39 is 11.5 Å². The number of carbonyl (C=O) groups is 1. The summed E-state index contributed by atoms with van der Waals surface area (Å²) in [5.41, 5.74) is 0.564. The third-order valence-electron chi connectivity index (χ3n) is 3.37. The van der Waals surface area contributed by atoms with Gasteiger partial charge in [0, 0.05) is 11.8 Å². The van der Waals surface area contributed by atoms with Crippen LogP contribution in [0.25, 0.3) is 11.5 Å². The molecule has 0 aliphatic carbocycles. The van der Waals surface area contributed by atoms with Gasteiger partial charge in [0.1, 0.15) is 18.0 Å². The normalized spacial score (nSPS) is 10.5. The number of halogens is 1. The first-order valence-electron chi connectivity index (χ1n) is 7.32. The zero-order chi connectivity index (χ0) is 17.8.